The number of nitrogens with one attached hydrogen (secondary N) is 2. The number of hydrogen-bond acceptors (Lipinski definition) is 3. The van der Waals surface area contributed by atoms with Gasteiger partial charge in [-0.1, -0.05) is 0 Å². The summed E-state index contributed by atoms with van der Waals surface area (Å²) in [7, 11) is 0. The maximum absolute atomic E-state index is 11.7. The molecule has 0 aliphatic carbocycles. The van der Waals surface area contributed by atoms with Gasteiger partial charge in [-0.15, -0.1) is 0 Å². The number of rotatable bonds is 4. The highest BCUT2D eigenvalue weighted by molar-refractivity contribution is 5.89. The molecule has 2 amide bonds. The van der Waals surface area contributed by atoms with Gasteiger partial charge in [-0.25, -0.2) is 4.79 Å². The fourth-order valence-corrected chi connectivity index (χ4v) is 1.56. The zero-order valence-electron chi connectivity index (χ0n) is 10.1. The van der Waals surface area contributed by atoms with E-state index < -0.39 is 0 Å². The molecule has 6 nitrogen and oxygen atoms in total. The number of aromatic nitrogens is 3. The predicted octanol–water partition coefficient (Wildman–Crippen LogP) is 1.49. The highest BCUT2D eigenvalue weighted by atomic mass is 16.2. The largest absolute Gasteiger partial charge is 0.334 e. The van der Waals surface area contributed by atoms with Crippen LogP contribution in [-0.4, -0.2) is 26.8 Å². The van der Waals surface area contributed by atoms with Crippen molar-refractivity contribution in [3.63, 3.8) is 0 Å². The molecule has 0 aliphatic heterocycles. The molecule has 0 aromatic carbocycles. The van der Waals surface area contributed by atoms with Crippen LogP contribution in [-0.2, 0) is 6.54 Å². The lowest BCUT2D eigenvalue weighted by molar-refractivity contribution is 0.247. The van der Waals surface area contributed by atoms with Crippen molar-refractivity contribution in [2.45, 2.75) is 19.5 Å². The first-order valence-corrected chi connectivity index (χ1v) is 5.69. The zero-order valence-corrected chi connectivity index (χ0v) is 10.1. The average Bonchev–Trinajstić information content (AvgIpc) is 2.82. The van der Waals surface area contributed by atoms with Crippen LogP contribution in [0.3, 0.4) is 0 Å². The molecule has 0 fully saturated rings. The van der Waals surface area contributed by atoms with E-state index in [0.29, 0.717) is 12.2 Å². The van der Waals surface area contributed by atoms with Crippen molar-refractivity contribution < 1.29 is 4.79 Å². The maximum atomic E-state index is 11.7. The topological polar surface area (TPSA) is 71.8 Å². The highest BCUT2D eigenvalue weighted by Gasteiger charge is 2.07. The van der Waals surface area contributed by atoms with Crippen molar-refractivity contribution in [2.75, 3.05) is 5.32 Å². The number of hydrogen-bond donors (Lipinski definition) is 2. The Hall–Kier alpha value is -2.37. The lowest BCUT2D eigenvalue weighted by Crippen LogP contribution is -2.38. The van der Waals surface area contributed by atoms with Gasteiger partial charge in [0.15, 0.2) is 0 Å². The molecule has 2 rings (SSSR count). The van der Waals surface area contributed by atoms with Crippen LogP contribution in [0.15, 0.2) is 43.0 Å². The molecule has 0 saturated carbocycles. The van der Waals surface area contributed by atoms with Gasteiger partial charge in [0.1, 0.15) is 0 Å². The van der Waals surface area contributed by atoms with E-state index in [1.807, 2.05) is 19.2 Å². The van der Waals surface area contributed by atoms with Crippen molar-refractivity contribution in [1.29, 1.82) is 0 Å². The fraction of sp³-hybridized carbons (Fsp3) is 0.250. The summed E-state index contributed by atoms with van der Waals surface area (Å²) in [5.74, 6) is 0. The number of nitrogens with zero attached hydrogens (tertiary/aromatic N) is 3. The van der Waals surface area contributed by atoms with Crippen LogP contribution in [0.1, 0.15) is 6.92 Å². The van der Waals surface area contributed by atoms with Crippen LogP contribution in [0.4, 0.5) is 10.5 Å². The normalized spacial score (nSPS) is 11.8. The quantitative estimate of drug-likeness (QED) is 0.857. The molecule has 0 saturated heterocycles. The number of anilines is 1. The Bertz CT molecular complexity index is 482. The smallest absolute Gasteiger partial charge is 0.319 e. The molecule has 6 heteroatoms. The van der Waals surface area contributed by atoms with Gasteiger partial charge in [0.05, 0.1) is 18.4 Å². The molecular formula is C12H15N5O. The summed E-state index contributed by atoms with van der Waals surface area (Å²) in [5, 5.41) is 9.62. The first-order chi connectivity index (χ1) is 8.74. The van der Waals surface area contributed by atoms with Crippen LogP contribution < -0.4 is 10.6 Å². The van der Waals surface area contributed by atoms with Crippen molar-refractivity contribution in [1.82, 2.24) is 20.1 Å². The number of carbonyl (C=O) groups is 1. The van der Waals surface area contributed by atoms with Crippen LogP contribution in [0.2, 0.25) is 0 Å². The van der Waals surface area contributed by atoms with Crippen molar-refractivity contribution in [3.8, 4) is 0 Å². The third-order valence-electron chi connectivity index (χ3n) is 2.32. The summed E-state index contributed by atoms with van der Waals surface area (Å²) in [4.78, 5) is 15.6. The molecule has 0 unspecified atom stereocenters. The SMILES string of the molecule is C[C@@H](Cn1cccn1)NC(=O)Nc1cccnc1. The Morgan fingerprint density at radius 1 is 1.44 bits per heavy atom. The van der Waals surface area contributed by atoms with Crippen LogP contribution in [0, 0.1) is 0 Å². The molecular weight excluding hydrogens is 230 g/mol. The van der Waals surface area contributed by atoms with Gasteiger partial charge in [0, 0.05) is 24.6 Å². The first-order valence-electron chi connectivity index (χ1n) is 5.69. The minimum Gasteiger partial charge on any atom is -0.334 e. The molecule has 2 aromatic heterocycles. The second-order valence-electron chi connectivity index (χ2n) is 3.97. The fourth-order valence-electron chi connectivity index (χ4n) is 1.56. The summed E-state index contributed by atoms with van der Waals surface area (Å²) < 4.78 is 1.77. The van der Waals surface area contributed by atoms with Gasteiger partial charge in [-0.05, 0) is 25.1 Å². The Labute approximate surface area is 105 Å². The van der Waals surface area contributed by atoms with Crippen molar-refractivity contribution in [3.05, 3.63) is 43.0 Å². The van der Waals surface area contributed by atoms with E-state index in [2.05, 4.69) is 20.7 Å². The summed E-state index contributed by atoms with van der Waals surface area (Å²) in [6, 6.07) is 5.14. The third kappa shape index (κ3) is 3.58. The monoisotopic (exact) mass is 245 g/mol. The number of urea groups is 1. The van der Waals surface area contributed by atoms with Gasteiger partial charge in [0.25, 0.3) is 0 Å². The standard InChI is InChI=1S/C12H15N5O/c1-10(9-17-7-3-6-14-17)15-12(18)16-11-4-2-5-13-8-11/h2-8,10H,9H2,1H3,(H2,15,16,18)/t10-/m0/s1. The Kier molecular flexibility index (Phi) is 3.90. The lowest BCUT2D eigenvalue weighted by Gasteiger charge is -2.14. The summed E-state index contributed by atoms with van der Waals surface area (Å²) in [6.07, 6.45) is 6.82. The van der Waals surface area contributed by atoms with E-state index in [-0.39, 0.29) is 12.1 Å². The van der Waals surface area contributed by atoms with Gasteiger partial charge in [-0.2, -0.15) is 5.10 Å². The predicted molar refractivity (Wildman–Crippen MR) is 68.1 cm³/mol. The molecule has 0 aliphatic rings. The van der Waals surface area contributed by atoms with E-state index in [0.717, 1.165) is 0 Å². The second kappa shape index (κ2) is 5.81. The van der Waals surface area contributed by atoms with E-state index in [9.17, 15) is 4.79 Å². The van der Waals surface area contributed by atoms with Crippen molar-refractivity contribution >= 4 is 11.7 Å². The Morgan fingerprint density at radius 3 is 3.00 bits per heavy atom. The zero-order chi connectivity index (χ0) is 12.8. The van der Waals surface area contributed by atoms with Gasteiger partial charge in [-0.3, -0.25) is 9.67 Å². The molecule has 2 N–H and O–H groups in total. The first kappa shape index (κ1) is 12.1. The van der Waals surface area contributed by atoms with Gasteiger partial charge < -0.3 is 10.6 Å². The number of pyridine rings is 1. The number of amides is 2. The summed E-state index contributed by atoms with van der Waals surface area (Å²) >= 11 is 0. The third-order valence-corrected chi connectivity index (χ3v) is 2.32. The van der Waals surface area contributed by atoms with Crippen LogP contribution >= 0.6 is 0 Å². The van der Waals surface area contributed by atoms with E-state index in [1.54, 1.807) is 35.4 Å². The molecule has 18 heavy (non-hydrogen) atoms. The minimum absolute atomic E-state index is 0.0124. The Morgan fingerprint density at radius 2 is 2.33 bits per heavy atom. The Balaban J connectivity index is 1.80. The maximum Gasteiger partial charge on any atom is 0.319 e. The van der Waals surface area contributed by atoms with E-state index in [1.165, 1.54) is 0 Å². The van der Waals surface area contributed by atoms with Gasteiger partial charge >= 0.3 is 6.03 Å². The summed E-state index contributed by atoms with van der Waals surface area (Å²) in [6.45, 7) is 2.55. The van der Waals surface area contributed by atoms with E-state index in [4.69, 9.17) is 0 Å². The van der Waals surface area contributed by atoms with Crippen molar-refractivity contribution in [2.24, 2.45) is 0 Å². The second-order valence-corrected chi connectivity index (χ2v) is 3.97. The molecule has 0 spiro atoms. The molecule has 2 aromatic rings. The van der Waals surface area contributed by atoms with Gasteiger partial charge in [0.2, 0.25) is 0 Å². The summed E-state index contributed by atoms with van der Waals surface area (Å²) in [5.41, 5.74) is 0.668. The molecule has 1 atom stereocenters. The average molecular weight is 245 g/mol. The molecule has 0 radical (unpaired) electrons. The highest BCUT2D eigenvalue weighted by Crippen LogP contribution is 2.02. The van der Waals surface area contributed by atoms with Crippen LogP contribution in [0.5, 0.6) is 0 Å². The molecule has 0 bridgehead atoms. The molecule has 94 valence electrons. The van der Waals surface area contributed by atoms with E-state index >= 15 is 0 Å². The minimum atomic E-state index is -0.248. The number of carbonyl (C=O) groups excluding carboxylic acids is 1. The lowest BCUT2D eigenvalue weighted by atomic mass is 10.3. The van der Waals surface area contributed by atoms with Crippen LogP contribution in [0.25, 0.3) is 0 Å². The molecule has 2 heterocycles.